The lowest BCUT2D eigenvalue weighted by molar-refractivity contribution is -0.140. The van der Waals surface area contributed by atoms with Crippen molar-refractivity contribution in [3.8, 4) is 6.07 Å². The number of hydrogen-bond donors (Lipinski definition) is 1. The van der Waals surface area contributed by atoms with Crippen molar-refractivity contribution in [2.45, 2.75) is 12.5 Å². The van der Waals surface area contributed by atoms with Crippen molar-refractivity contribution in [3.63, 3.8) is 0 Å². The van der Waals surface area contributed by atoms with Gasteiger partial charge in [0, 0.05) is 13.1 Å². The number of hydrogen-bond acceptors (Lipinski definition) is 3. The van der Waals surface area contributed by atoms with Crippen LogP contribution in [0, 0.1) is 11.3 Å². The molecule has 1 heterocycles. The molecule has 0 aromatic carbocycles. The molecular formula is C6H8N2O2. The van der Waals surface area contributed by atoms with E-state index < -0.39 is 0 Å². The van der Waals surface area contributed by atoms with Crippen LogP contribution in [-0.4, -0.2) is 35.1 Å². The third-order valence-corrected chi connectivity index (χ3v) is 1.45. The second kappa shape index (κ2) is 2.67. The third kappa shape index (κ3) is 1.25. The number of amides is 1. The first kappa shape index (κ1) is 7.03. The van der Waals surface area contributed by atoms with E-state index in [0.717, 1.165) is 0 Å². The number of nitrogens with zero attached hydrogens (tertiary/aromatic N) is 2. The highest BCUT2D eigenvalue weighted by Crippen LogP contribution is 2.07. The molecule has 0 aromatic rings. The molecule has 1 N–H and O–H groups in total. The van der Waals surface area contributed by atoms with E-state index in [-0.39, 0.29) is 18.4 Å². The minimum Gasteiger partial charge on any atom is -0.389 e. The molecule has 0 saturated carbocycles. The second-order valence-electron chi connectivity index (χ2n) is 2.29. The van der Waals surface area contributed by atoms with Gasteiger partial charge in [0.15, 0.2) is 0 Å². The topological polar surface area (TPSA) is 64.3 Å². The molecule has 1 rings (SSSR count). The number of rotatable bonds is 1. The quantitative estimate of drug-likeness (QED) is 0.513. The van der Waals surface area contributed by atoms with Crippen molar-refractivity contribution in [2.75, 3.05) is 13.1 Å². The zero-order chi connectivity index (χ0) is 7.56. The fourth-order valence-electron chi connectivity index (χ4n) is 0.838. The predicted octanol–water partition coefficient (Wildman–Crippen LogP) is -0.897. The Balaban J connectivity index is 2.26. The summed E-state index contributed by atoms with van der Waals surface area (Å²) in [6, 6.07) is 1.76. The zero-order valence-corrected chi connectivity index (χ0v) is 5.45. The van der Waals surface area contributed by atoms with Gasteiger partial charge in [-0.05, 0) is 0 Å². The maximum atomic E-state index is 10.8. The van der Waals surface area contributed by atoms with E-state index in [1.54, 1.807) is 6.07 Å². The molecule has 1 amide bonds. The van der Waals surface area contributed by atoms with Crippen molar-refractivity contribution >= 4 is 5.91 Å². The molecule has 0 spiro atoms. The first-order valence-electron chi connectivity index (χ1n) is 3.07. The second-order valence-corrected chi connectivity index (χ2v) is 2.29. The Morgan fingerprint density at radius 2 is 2.40 bits per heavy atom. The van der Waals surface area contributed by atoms with Crippen LogP contribution >= 0.6 is 0 Å². The summed E-state index contributed by atoms with van der Waals surface area (Å²) < 4.78 is 0. The number of likely N-dealkylation sites (tertiary alicyclic amines) is 1. The first-order chi connectivity index (χ1) is 4.74. The van der Waals surface area contributed by atoms with E-state index in [9.17, 15) is 4.79 Å². The van der Waals surface area contributed by atoms with Gasteiger partial charge in [-0.3, -0.25) is 4.79 Å². The average Bonchev–Trinajstić information content (AvgIpc) is 1.82. The largest absolute Gasteiger partial charge is 0.389 e. The van der Waals surface area contributed by atoms with Crippen molar-refractivity contribution < 1.29 is 9.90 Å². The van der Waals surface area contributed by atoms with E-state index in [1.807, 2.05) is 0 Å². The molecule has 0 unspecified atom stereocenters. The number of β-amino-alcohol motifs (C(OH)–C–C–N with tert-alkyl or cyclic N) is 1. The van der Waals surface area contributed by atoms with Crippen molar-refractivity contribution in [3.05, 3.63) is 0 Å². The lowest BCUT2D eigenvalue weighted by Gasteiger charge is -2.35. The summed E-state index contributed by atoms with van der Waals surface area (Å²) in [4.78, 5) is 12.2. The highest BCUT2D eigenvalue weighted by Gasteiger charge is 2.27. The number of carbonyl (C=O) groups excluding carboxylic acids is 1. The van der Waals surface area contributed by atoms with Gasteiger partial charge in [0.25, 0.3) is 0 Å². The molecule has 54 valence electrons. The van der Waals surface area contributed by atoms with Gasteiger partial charge in [-0.1, -0.05) is 0 Å². The van der Waals surface area contributed by atoms with Crippen LogP contribution in [0.2, 0.25) is 0 Å². The van der Waals surface area contributed by atoms with Gasteiger partial charge in [0.05, 0.1) is 12.2 Å². The number of aliphatic hydroxyl groups is 1. The predicted molar refractivity (Wildman–Crippen MR) is 32.8 cm³/mol. The van der Waals surface area contributed by atoms with Crippen LogP contribution in [0.4, 0.5) is 0 Å². The lowest BCUT2D eigenvalue weighted by Crippen LogP contribution is -2.53. The summed E-state index contributed by atoms with van der Waals surface area (Å²) in [5.74, 6) is -0.187. The molecule has 0 aromatic heterocycles. The van der Waals surface area contributed by atoms with Gasteiger partial charge < -0.3 is 10.0 Å². The van der Waals surface area contributed by atoms with Gasteiger partial charge in [0.1, 0.15) is 6.42 Å². The Labute approximate surface area is 58.7 Å². The van der Waals surface area contributed by atoms with Crippen molar-refractivity contribution in [1.29, 1.82) is 5.26 Å². The van der Waals surface area contributed by atoms with E-state index >= 15 is 0 Å². The molecule has 4 heteroatoms. The van der Waals surface area contributed by atoms with Crippen LogP contribution in [0.25, 0.3) is 0 Å². The molecule has 4 nitrogen and oxygen atoms in total. The molecular weight excluding hydrogens is 132 g/mol. The number of aliphatic hydroxyl groups excluding tert-OH is 1. The molecule has 1 saturated heterocycles. The zero-order valence-electron chi connectivity index (χ0n) is 5.45. The van der Waals surface area contributed by atoms with Crippen LogP contribution in [-0.2, 0) is 4.79 Å². The van der Waals surface area contributed by atoms with Crippen LogP contribution in [0.3, 0.4) is 0 Å². The average molecular weight is 140 g/mol. The SMILES string of the molecule is N#CCC(=O)N1CC(O)C1. The molecule has 0 bridgehead atoms. The monoisotopic (exact) mass is 140 g/mol. The van der Waals surface area contributed by atoms with Gasteiger partial charge in [-0.25, -0.2) is 0 Å². The maximum Gasteiger partial charge on any atom is 0.236 e. The lowest BCUT2D eigenvalue weighted by atomic mass is 10.1. The van der Waals surface area contributed by atoms with Crippen molar-refractivity contribution in [2.24, 2.45) is 0 Å². The Hall–Kier alpha value is -1.08. The molecule has 10 heavy (non-hydrogen) atoms. The first-order valence-corrected chi connectivity index (χ1v) is 3.07. The maximum absolute atomic E-state index is 10.8. The van der Waals surface area contributed by atoms with E-state index in [0.29, 0.717) is 13.1 Å². The van der Waals surface area contributed by atoms with Crippen LogP contribution in [0.5, 0.6) is 0 Å². The number of carbonyl (C=O) groups is 1. The standard InChI is InChI=1S/C6H8N2O2/c7-2-1-6(10)8-3-5(9)4-8/h5,9H,1,3-4H2. The molecule has 0 radical (unpaired) electrons. The molecule has 0 aliphatic carbocycles. The molecule has 1 fully saturated rings. The van der Waals surface area contributed by atoms with E-state index in [2.05, 4.69) is 0 Å². The summed E-state index contributed by atoms with van der Waals surface area (Å²) in [5.41, 5.74) is 0. The fraction of sp³-hybridized carbons (Fsp3) is 0.667. The summed E-state index contributed by atoms with van der Waals surface area (Å²) in [7, 11) is 0. The number of nitriles is 1. The van der Waals surface area contributed by atoms with E-state index in [4.69, 9.17) is 10.4 Å². The molecule has 0 atom stereocenters. The van der Waals surface area contributed by atoms with Gasteiger partial charge in [-0.2, -0.15) is 5.26 Å². The Morgan fingerprint density at radius 3 is 2.80 bits per heavy atom. The van der Waals surface area contributed by atoms with Crippen LogP contribution < -0.4 is 0 Å². The van der Waals surface area contributed by atoms with E-state index in [1.165, 1.54) is 4.90 Å². The summed E-state index contributed by atoms with van der Waals surface area (Å²) in [6.07, 6.45) is -0.449. The Morgan fingerprint density at radius 1 is 1.80 bits per heavy atom. The normalized spacial score (nSPS) is 17.8. The minimum absolute atomic E-state index is 0.0767. The van der Waals surface area contributed by atoms with Crippen LogP contribution in [0.1, 0.15) is 6.42 Å². The van der Waals surface area contributed by atoms with Crippen molar-refractivity contribution in [1.82, 2.24) is 4.90 Å². The fourth-order valence-corrected chi connectivity index (χ4v) is 0.838. The minimum atomic E-state index is -0.373. The van der Waals surface area contributed by atoms with Crippen LogP contribution in [0.15, 0.2) is 0 Å². The third-order valence-electron chi connectivity index (χ3n) is 1.45. The molecule has 1 aliphatic heterocycles. The smallest absolute Gasteiger partial charge is 0.236 e. The summed E-state index contributed by atoms with van der Waals surface area (Å²) in [5, 5.41) is 16.9. The highest BCUT2D eigenvalue weighted by atomic mass is 16.3. The highest BCUT2D eigenvalue weighted by molar-refractivity contribution is 5.79. The van der Waals surface area contributed by atoms with Gasteiger partial charge in [0.2, 0.25) is 5.91 Å². The Kier molecular flexibility index (Phi) is 1.88. The Bertz CT molecular complexity index is 179. The molecule has 1 aliphatic rings. The summed E-state index contributed by atoms with van der Waals surface area (Å²) >= 11 is 0. The summed E-state index contributed by atoms with van der Waals surface area (Å²) in [6.45, 7) is 0.779. The van der Waals surface area contributed by atoms with Gasteiger partial charge >= 0.3 is 0 Å². The van der Waals surface area contributed by atoms with Gasteiger partial charge in [-0.15, -0.1) is 0 Å².